The van der Waals surface area contributed by atoms with E-state index in [1.807, 2.05) is 6.07 Å². The van der Waals surface area contributed by atoms with E-state index in [1.165, 1.54) is 6.92 Å². The predicted molar refractivity (Wildman–Crippen MR) is 69.5 cm³/mol. The first-order chi connectivity index (χ1) is 9.38. The number of thiazole rings is 1. The summed E-state index contributed by atoms with van der Waals surface area (Å²) in [6.07, 6.45) is -4.62. The molecular weight excluding hydrogens is 289 g/mol. The van der Waals surface area contributed by atoms with Gasteiger partial charge in [0.1, 0.15) is 4.88 Å². The van der Waals surface area contributed by atoms with Gasteiger partial charge < -0.3 is 5.32 Å². The van der Waals surface area contributed by atoms with Gasteiger partial charge in [0.25, 0.3) is 5.91 Å². The first-order valence-electron chi connectivity index (χ1n) is 5.74. The van der Waals surface area contributed by atoms with Crippen molar-refractivity contribution in [3.8, 4) is 0 Å². The molecule has 0 aliphatic rings. The van der Waals surface area contributed by atoms with Gasteiger partial charge in [-0.25, -0.2) is 4.98 Å². The van der Waals surface area contributed by atoms with Gasteiger partial charge in [-0.1, -0.05) is 30.3 Å². The fourth-order valence-electron chi connectivity index (χ4n) is 1.63. The van der Waals surface area contributed by atoms with E-state index >= 15 is 0 Å². The average molecular weight is 300 g/mol. The zero-order valence-electron chi connectivity index (χ0n) is 10.5. The van der Waals surface area contributed by atoms with Crippen LogP contribution >= 0.6 is 11.3 Å². The van der Waals surface area contributed by atoms with Crippen molar-refractivity contribution in [2.24, 2.45) is 0 Å². The number of benzene rings is 1. The number of halogens is 3. The van der Waals surface area contributed by atoms with Crippen molar-refractivity contribution < 1.29 is 18.0 Å². The first kappa shape index (κ1) is 14.5. The number of amides is 1. The molecule has 3 nitrogen and oxygen atoms in total. The van der Waals surface area contributed by atoms with Gasteiger partial charge in [0.15, 0.2) is 5.69 Å². The maximum atomic E-state index is 12.7. The molecule has 0 saturated heterocycles. The Morgan fingerprint density at radius 3 is 2.55 bits per heavy atom. The maximum Gasteiger partial charge on any atom is 0.435 e. The molecule has 0 atom stereocenters. The third kappa shape index (κ3) is 3.36. The summed E-state index contributed by atoms with van der Waals surface area (Å²) in [6.45, 7) is 1.61. The Morgan fingerprint density at radius 2 is 1.95 bits per heavy atom. The summed E-state index contributed by atoms with van der Waals surface area (Å²) < 4.78 is 38.2. The minimum absolute atomic E-state index is 0.175. The van der Waals surface area contributed by atoms with Gasteiger partial charge in [-0.3, -0.25) is 4.79 Å². The van der Waals surface area contributed by atoms with Gasteiger partial charge in [0.2, 0.25) is 0 Å². The number of nitrogens with one attached hydrogen (secondary N) is 1. The molecule has 2 rings (SSSR count). The lowest BCUT2D eigenvalue weighted by Gasteiger charge is -2.07. The highest BCUT2D eigenvalue weighted by atomic mass is 32.1. The van der Waals surface area contributed by atoms with Crippen LogP contribution in [0.5, 0.6) is 0 Å². The molecule has 0 bridgehead atoms. The van der Waals surface area contributed by atoms with Gasteiger partial charge in [-0.15, -0.1) is 11.3 Å². The molecule has 1 N–H and O–H groups in total. The standard InChI is InChI=1S/C13H11F3N2OS/c1-8-18-11(13(14,15)16)10(20-8)12(19)17-7-9-5-3-2-4-6-9/h2-6H,7H2,1H3,(H,17,19). The monoisotopic (exact) mass is 300 g/mol. The van der Waals surface area contributed by atoms with Crippen LogP contribution in [0.25, 0.3) is 0 Å². The lowest BCUT2D eigenvalue weighted by atomic mass is 10.2. The summed E-state index contributed by atoms with van der Waals surface area (Å²) in [6, 6.07) is 8.96. The normalized spacial score (nSPS) is 11.4. The Kier molecular flexibility index (Phi) is 4.08. The quantitative estimate of drug-likeness (QED) is 0.944. The van der Waals surface area contributed by atoms with Crippen LogP contribution in [0.4, 0.5) is 13.2 Å². The lowest BCUT2D eigenvalue weighted by Crippen LogP contribution is -2.24. The second kappa shape index (κ2) is 5.62. The van der Waals surface area contributed by atoms with Crippen molar-refractivity contribution in [1.29, 1.82) is 0 Å². The summed E-state index contributed by atoms with van der Waals surface area (Å²) in [5.41, 5.74) is -0.304. The second-order valence-corrected chi connectivity index (χ2v) is 5.28. The molecule has 0 radical (unpaired) electrons. The molecule has 1 amide bonds. The van der Waals surface area contributed by atoms with Crippen LogP contribution in [-0.2, 0) is 12.7 Å². The van der Waals surface area contributed by atoms with Crippen LogP contribution in [0.3, 0.4) is 0 Å². The molecule has 0 aliphatic heterocycles. The Bertz CT molecular complexity index is 608. The Balaban J connectivity index is 2.14. The minimum atomic E-state index is -4.62. The molecule has 0 aliphatic carbocycles. The highest BCUT2D eigenvalue weighted by Gasteiger charge is 2.39. The zero-order valence-corrected chi connectivity index (χ0v) is 11.3. The maximum absolute atomic E-state index is 12.7. The third-order valence-electron chi connectivity index (χ3n) is 2.50. The first-order valence-corrected chi connectivity index (χ1v) is 6.56. The molecule has 2 aromatic rings. The summed E-state index contributed by atoms with van der Waals surface area (Å²) in [5.74, 6) is -0.758. The SMILES string of the molecule is Cc1nc(C(F)(F)F)c(C(=O)NCc2ccccc2)s1. The number of rotatable bonds is 3. The van der Waals surface area contributed by atoms with E-state index in [0.717, 1.165) is 16.9 Å². The van der Waals surface area contributed by atoms with Crippen molar-refractivity contribution in [3.63, 3.8) is 0 Å². The number of aromatic nitrogens is 1. The molecule has 7 heteroatoms. The summed E-state index contributed by atoms with van der Waals surface area (Å²) >= 11 is 0.741. The molecule has 0 saturated carbocycles. The van der Waals surface area contributed by atoms with Gasteiger partial charge in [0.05, 0.1) is 5.01 Å². The number of carbonyl (C=O) groups is 1. The Labute approximate surface area is 117 Å². The molecule has 20 heavy (non-hydrogen) atoms. The number of hydrogen-bond donors (Lipinski definition) is 1. The second-order valence-electron chi connectivity index (χ2n) is 4.08. The van der Waals surface area contributed by atoms with Crippen molar-refractivity contribution in [3.05, 3.63) is 51.5 Å². The Hall–Kier alpha value is -1.89. The Morgan fingerprint density at radius 1 is 1.30 bits per heavy atom. The fourth-order valence-corrected chi connectivity index (χ4v) is 2.49. The molecule has 1 aromatic carbocycles. The smallest absolute Gasteiger partial charge is 0.347 e. The van der Waals surface area contributed by atoms with E-state index < -0.39 is 22.7 Å². The number of nitrogens with zero attached hydrogens (tertiary/aromatic N) is 1. The average Bonchev–Trinajstić information content (AvgIpc) is 2.79. The number of alkyl halides is 3. The van der Waals surface area contributed by atoms with Crippen LogP contribution in [0.15, 0.2) is 30.3 Å². The molecular formula is C13H11F3N2OS. The van der Waals surface area contributed by atoms with Crippen LogP contribution in [-0.4, -0.2) is 10.9 Å². The lowest BCUT2D eigenvalue weighted by molar-refractivity contribution is -0.141. The van der Waals surface area contributed by atoms with E-state index in [4.69, 9.17) is 0 Å². The van der Waals surface area contributed by atoms with Crippen LogP contribution < -0.4 is 5.32 Å². The van der Waals surface area contributed by atoms with Crippen molar-refractivity contribution >= 4 is 17.2 Å². The van der Waals surface area contributed by atoms with Crippen LogP contribution in [0.2, 0.25) is 0 Å². The molecule has 1 heterocycles. The van der Waals surface area contributed by atoms with Gasteiger partial charge in [0, 0.05) is 6.54 Å². The minimum Gasteiger partial charge on any atom is -0.347 e. The van der Waals surface area contributed by atoms with Crippen LogP contribution in [0.1, 0.15) is 25.9 Å². The highest BCUT2D eigenvalue weighted by molar-refractivity contribution is 7.13. The van der Waals surface area contributed by atoms with Gasteiger partial charge >= 0.3 is 6.18 Å². The topological polar surface area (TPSA) is 42.0 Å². The molecule has 0 fully saturated rings. The number of hydrogen-bond acceptors (Lipinski definition) is 3. The molecule has 0 unspecified atom stereocenters. The van der Waals surface area contributed by atoms with E-state index in [0.29, 0.717) is 0 Å². The number of carbonyl (C=O) groups excluding carboxylic acids is 1. The summed E-state index contributed by atoms with van der Waals surface area (Å²) in [5, 5.41) is 2.68. The van der Waals surface area contributed by atoms with E-state index in [2.05, 4.69) is 10.3 Å². The summed E-state index contributed by atoms with van der Waals surface area (Å²) in [4.78, 5) is 14.9. The third-order valence-corrected chi connectivity index (χ3v) is 3.47. The van der Waals surface area contributed by atoms with Crippen LogP contribution in [0, 0.1) is 6.92 Å². The van der Waals surface area contributed by atoms with Crippen molar-refractivity contribution in [1.82, 2.24) is 10.3 Å². The number of aryl methyl sites for hydroxylation is 1. The molecule has 1 aromatic heterocycles. The van der Waals surface area contributed by atoms with E-state index in [-0.39, 0.29) is 11.6 Å². The van der Waals surface area contributed by atoms with E-state index in [9.17, 15) is 18.0 Å². The molecule has 0 spiro atoms. The summed E-state index contributed by atoms with van der Waals surface area (Å²) in [7, 11) is 0. The zero-order chi connectivity index (χ0) is 14.8. The largest absolute Gasteiger partial charge is 0.435 e. The van der Waals surface area contributed by atoms with Gasteiger partial charge in [-0.05, 0) is 12.5 Å². The fraction of sp³-hybridized carbons (Fsp3) is 0.231. The molecule has 106 valence electrons. The van der Waals surface area contributed by atoms with Crippen molar-refractivity contribution in [2.75, 3.05) is 0 Å². The van der Waals surface area contributed by atoms with E-state index in [1.54, 1.807) is 24.3 Å². The van der Waals surface area contributed by atoms with Gasteiger partial charge in [-0.2, -0.15) is 13.2 Å². The predicted octanol–water partition coefficient (Wildman–Crippen LogP) is 3.40. The highest BCUT2D eigenvalue weighted by Crippen LogP contribution is 2.34. The van der Waals surface area contributed by atoms with Crippen molar-refractivity contribution in [2.45, 2.75) is 19.6 Å².